The summed E-state index contributed by atoms with van der Waals surface area (Å²) in [7, 11) is 2.16. The van der Waals surface area contributed by atoms with Crippen molar-refractivity contribution in [2.45, 2.75) is 39.3 Å². The van der Waals surface area contributed by atoms with E-state index in [1.165, 1.54) is 6.42 Å². The summed E-state index contributed by atoms with van der Waals surface area (Å²) >= 11 is 0. The van der Waals surface area contributed by atoms with Gasteiger partial charge >= 0.3 is 0 Å². The Balaban J connectivity index is 2.15. The van der Waals surface area contributed by atoms with Crippen molar-refractivity contribution in [2.75, 3.05) is 19.3 Å². The second-order valence-corrected chi connectivity index (χ2v) is 4.26. The van der Waals surface area contributed by atoms with Crippen LogP contribution in [0, 0.1) is 0 Å². The van der Waals surface area contributed by atoms with Gasteiger partial charge in [-0.3, -0.25) is 0 Å². The van der Waals surface area contributed by atoms with Gasteiger partial charge in [-0.1, -0.05) is 0 Å². The van der Waals surface area contributed by atoms with E-state index < -0.39 is 0 Å². The molecule has 86 valence electrons. The lowest BCUT2D eigenvalue weighted by Crippen LogP contribution is -2.27. The van der Waals surface area contributed by atoms with Crippen LogP contribution >= 0.6 is 0 Å². The monoisotopic (exact) mass is 210 g/mol. The highest BCUT2D eigenvalue weighted by molar-refractivity contribution is 5.16. The molecule has 0 bridgehead atoms. The van der Waals surface area contributed by atoms with Crippen molar-refractivity contribution < 1.29 is 0 Å². The molecule has 0 saturated carbocycles. The van der Waals surface area contributed by atoms with Gasteiger partial charge in [0.15, 0.2) is 5.95 Å². The lowest BCUT2D eigenvalue weighted by molar-refractivity contribution is 0.266. The summed E-state index contributed by atoms with van der Waals surface area (Å²) in [6.07, 6.45) is 6.03. The Bertz CT molecular complexity index is 280. The van der Waals surface area contributed by atoms with E-state index >= 15 is 0 Å². The van der Waals surface area contributed by atoms with E-state index in [0.29, 0.717) is 12.0 Å². The van der Waals surface area contributed by atoms with E-state index in [9.17, 15) is 0 Å². The zero-order chi connectivity index (χ0) is 11.3. The molecule has 1 rings (SSSR count). The Morgan fingerprint density at radius 3 is 2.73 bits per heavy atom. The number of nitrogen functional groups attached to an aromatic ring is 1. The van der Waals surface area contributed by atoms with E-state index in [1.54, 1.807) is 6.20 Å². The quantitative estimate of drug-likeness (QED) is 0.725. The Hall–Kier alpha value is -1.03. The smallest absolute Gasteiger partial charge is 0.200 e. The summed E-state index contributed by atoms with van der Waals surface area (Å²) in [5.74, 6) is 0.618. The van der Waals surface area contributed by atoms with Crippen LogP contribution in [0.5, 0.6) is 0 Å². The molecule has 0 radical (unpaired) electrons. The van der Waals surface area contributed by atoms with Crippen molar-refractivity contribution in [3.05, 3.63) is 12.4 Å². The Labute approximate surface area is 92.1 Å². The minimum atomic E-state index is 0.618. The summed E-state index contributed by atoms with van der Waals surface area (Å²) in [6, 6.07) is 0.628. The molecule has 0 atom stereocenters. The van der Waals surface area contributed by atoms with Crippen LogP contribution in [0.15, 0.2) is 12.4 Å². The number of unbranched alkanes of at least 4 members (excludes halogenated alkanes) is 1. The summed E-state index contributed by atoms with van der Waals surface area (Å²) in [5, 5.41) is 0. The summed E-state index contributed by atoms with van der Waals surface area (Å²) < 4.78 is 2.00. The van der Waals surface area contributed by atoms with Gasteiger partial charge in [0.05, 0.1) is 0 Å². The fourth-order valence-corrected chi connectivity index (χ4v) is 1.43. The van der Waals surface area contributed by atoms with E-state index in [2.05, 4.69) is 30.8 Å². The minimum Gasteiger partial charge on any atom is -0.369 e. The molecular weight excluding hydrogens is 188 g/mol. The number of nitrogens with two attached hydrogens (primary N) is 1. The molecular formula is C11H22N4. The van der Waals surface area contributed by atoms with Crippen molar-refractivity contribution in [3.63, 3.8) is 0 Å². The standard InChI is InChI=1S/C11H22N4/c1-10(2)14(3)7-4-5-8-15-9-6-13-11(15)12/h6,9-10H,4-5,7-8H2,1-3H3,(H2,12,13). The lowest BCUT2D eigenvalue weighted by Gasteiger charge is -2.20. The van der Waals surface area contributed by atoms with Crippen LogP contribution in [0.4, 0.5) is 5.95 Å². The van der Waals surface area contributed by atoms with Gasteiger partial charge < -0.3 is 15.2 Å². The molecule has 0 amide bonds. The van der Waals surface area contributed by atoms with Gasteiger partial charge in [0.1, 0.15) is 0 Å². The molecule has 0 aromatic carbocycles. The van der Waals surface area contributed by atoms with Crippen molar-refractivity contribution >= 4 is 5.95 Å². The number of aromatic nitrogens is 2. The second-order valence-electron chi connectivity index (χ2n) is 4.26. The van der Waals surface area contributed by atoms with Gasteiger partial charge in [-0.25, -0.2) is 4.98 Å². The molecule has 0 spiro atoms. The zero-order valence-corrected chi connectivity index (χ0v) is 9.98. The number of nitrogens with zero attached hydrogens (tertiary/aromatic N) is 3. The lowest BCUT2D eigenvalue weighted by atomic mass is 10.2. The Morgan fingerprint density at radius 2 is 2.20 bits per heavy atom. The third kappa shape index (κ3) is 3.91. The predicted molar refractivity (Wildman–Crippen MR) is 63.6 cm³/mol. The van der Waals surface area contributed by atoms with Gasteiger partial charge in [-0.15, -0.1) is 0 Å². The van der Waals surface area contributed by atoms with Gasteiger partial charge in [-0.2, -0.15) is 0 Å². The maximum atomic E-state index is 5.67. The van der Waals surface area contributed by atoms with Crippen molar-refractivity contribution in [2.24, 2.45) is 0 Å². The van der Waals surface area contributed by atoms with E-state index in [4.69, 9.17) is 5.73 Å². The number of hydrogen-bond donors (Lipinski definition) is 1. The minimum absolute atomic E-state index is 0.618. The number of aryl methyl sites for hydroxylation is 1. The first-order valence-corrected chi connectivity index (χ1v) is 5.58. The summed E-state index contributed by atoms with van der Waals surface area (Å²) in [4.78, 5) is 6.35. The molecule has 0 aliphatic carbocycles. The van der Waals surface area contributed by atoms with E-state index in [-0.39, 0.29) is 0 Å². The molecule has 1 aromatic heterocycles. The first-order chi connectivity index (χ1) is 7.11. The van der Waals surface area contributed by atoms with E-state index in [0.717, 1.165) is 19.5 Å². The van der Waals surface area contributed by atoms with Crippen molar-refractivity contribution in [1.29, 1.82) is 0 Å². The fraction of sp³-hybridized carbons (Fsp3) is 0.727. The molecule has 0 fully saturated rings. The molecule has 4 heteroatoms. The molecule has 15 heavy (non-hydrogen) atoms. The van der Waals surface area contributed by atoms with Gasteiger partial charge in [0.2, 0.25) is 0 Å². The summed E-state index contributed by atoms with van der Waals surface area (Å²) in [5.41, 5.74) is 5.67. The molecule has 2 N–H and O–H groups in total. The van der Waals surface area contributed by atoms with Crippen LogP contribution in [0.1, 0.15) is 26.7 Å². The first kappa shape index (κ1) is 12.0. The molecule has 1 heterocycles. The van der Waals surface area contributed by atoms with Crippen LogP contribution in [0.2, 0.25) is 0 Å². The Morgan fingerprint density at radius 1 is 1.47 bits per heavy atom. The van der Waals surface area contributed by atoms with Crippen LogP contribution in [0.25, 0.3) is 0 Å². The van der Waals surface area contributed by atoms with Crippen molar-refractivity contribution in [1.82, 2.24) is 14.5 Å². The molecule has 1 aromatic rings. The average molecular weight is 210 g/mol. The second kappa shape index (κ2) is 5.75. The fourth-order valence-electron chi connectivity index (χ4n) is 1.43. The summed E-state index contributed by atoms with van der Waals surface area (Å²) in [6.45, 7) is 6.55. The third-order valence-corrected chi connectivity index (χ3v) is 2.79. The normalized spacial score (nSPS) is 11.5. The molecule has 0 aliphatic rings. The Kier molecular flexibility index (Phi) is 4.62. The highest BCUT2D eigenvalue weighted by atomic mass is 15.1. The number of hydrogen-bond acceptors (Lipinski definition) is 3. The van der Waals surface area contributed by atoms with Gasteiger partial charge in [0, 0.05) is 25.0 Å². The number of rotatable bonds is 6. The van der Waals surface area contributed by atoms with Crippen molar-refractivity contribution in [3.8, 4) is 0 Å². The number of imidazole rings is 1. The first-order valence-electron chi connectivity index (χ1n) is 5.58. The predicted octanol–water partition coefficient (Wildman–Crippen LogP) is 1.59. The van der Waals surface area contributed by atoms with Crippen LogP contribution in [-0.4, -0.2) is 34.1 Å². The SMILES string of the molecule is CC(C)N(C)CCCCn1ccnc1N. The van der Waals surface area contributed by atoms with Crippen LogP contribution in [0.3, 0.4) is 0 Å². The van der Waals surface area contributed by atoms with Crippen LogP contribution < -0.4 is 5.73 Å². The maximum Gasteiger partial charge on any atom is 0.200 e. The third-order valence-electron chi connectivity index (χ3n) is 2.79. The highest BCUT2D eigenvalue weighted by Gasteiger charge is 2.02. The maximum absolute atomic E-state index is 5.67. The molecule has 4 nitrogen and oxygen atoms in total. The topological polar surface area (TPSA) is 47.1 Å². The van der Waals surface area contributed by atoms with Gasteiger partial charge in [-0.05, 0) is 40.3 Å². The van der Waals surface area contributed by atoms with Crippen LogP contribution in [-0.2, 0) is 6.54 Å². The molecule has 0 aliphatic heterocycles. The zero-order valence-electron chi connectivity index (χ0n) is 9.98. The average Bonchev–Trinajstić information content (AvgIpc) is 2.58. The number of anilines is 1. The molecule has 0 unspecified atom stereocenters. The highest BCUT2D eigenvalue weighted by Crippen LogP contribution is 2.03. The van der Waals surface area contributed by atoms with E-state index in [1.807, 2.05) is 10.8 Å². The molecule has 0 saturated heterocycles. The largest absolute Gasteiger partial charge is 0.369 e. The van der Waals surface area contributed by atoms with Gasteiger partial charge in [0.25, 0.3) is 0 Å².